The molecule has 0 aliphatic heterocycles. The predicted molar refractivity (Wildman–Crippen MR) is 85.7 cm³/mol. The van der Waals surface area contributed by atoms with E-state index in [0.717, 1.165) is 5.56 Å². The third-order valence-corrected chi connectivity index (χ3v) is 3.11. The lowest BCUT2D eigenvalue weighted by molar-refractivity contribution is 0.209. The molecule has 0 unspecified atom stereocenters. The van der Waals surface area contributed by atoms with Crippen LogP contribution in [-0.2, 0) is 6.61 Å². The molecule has 0 radical (unpaired) electrons. The van der Waals surface area contributed by atoms with Crippen LogP contribution in [0.15, 0.2) is 48.5 Å². The predicted octanol–water partition coefficient (Wildman–Crippen LogP) is 2.27. The maximum Gasteiger partial charge on any atom is 0.129 e. The average Bonchev–Trinajstić information content (AvgIpc) is 2.52. The van der Waals surface area contributed by atoms with Crippen molar-refractivity contribution in [1.29, 1.82) is 0 Å². The van der Waals surface area contributed by atoms with Gasteiger partial charge in [-0.25, -0.2) is 0 Å². The highest BCUT2D eigenvalue weighted by atomic mass is 32.1. The molecular weight excluding hydrogens is 286 g/mol. The summed E-state index contributed by atoms with van der Waals surface area (Å²) < 4.78 is 11.2. The normalized spacial score (nSPS) is 10.1. The van der Waals surface area contributed by atoms with Crippen LogP contribution in [0.3, 0.4) is 0 Å². The molecule has 2 rings (SSSR count). The Morgan fingerprint density at radius 3 is 2.19 bits per heavy atom. The van der Waals surface area contributed by atoms with Crippen LogP contribution in [0.5, 0.6) is 11.5 Å². The molecule has 5 heteroatoms. The van der Waals surface area contributed by atoms with Crippen molar-refractivity contribution in [2.45, 2.75) is 6.61 Å². The van der Waals surface area contributed by atoms with Gasteiger partial charge in [0.15, 0.2) is 0 Å². The van der Waals surface area contributed by atoms with E-state index in [1.165, 1.54) is 0 Å². The summed E-state index contributed by atoms with van der Waals surface area (Å²) in [4.78, 5) is 0.303. The van der Waals surface area contributed by atoms with Gasteiger partial charge in [0.1, 0.15) is 29.7 Å². The smallest absolute Gasteiger partial charge is 0.129 e. The number of aliphatic hydroxyl groups is 1. The van der Waals surface area contributed by atoms with Gasteiger partial charge in [-0.05, 0) is 18.2 Å². The first-order chi connectivity index (χ1) is 10.2. The van der Waals surface area contributed by atoms with Crippen LogP contribution in [-0.4, -0.2) is 23.3 Å². The van der Waals surface area contributed by atoms with Crippen LogP contribution in [0, 0.1) is 0 Å². The number of aliphatic hydroxyl groups excluding tert-OH is 1. The van der Waals surface area contributed by atoms with Crippen LogP contribution >= 0.6 is 12.2 Å². The van der Waals surface area contributed by atoms with Crippen LogP contribution in [0.2, 0.25) is 0 Å². The molecule has 3 N–H and O–H groups in total. The second-order valence-corrected chi connectivity index (χ2v) is 4.76. The lowest BCUT2D eigenvalue weighted by atomic mass is 10.2. The monoisotopic (exact) mass is 303 g/mol. The summed E-state index contributed by atoms with van der Waals surface area (Å²) in [5, 5.41) is 9.21. The van der Waals surface area contributed by atoms with Crippen molar-refractivity contribution in [3.8, 4) is 11.5 Å². The molecule has 0 bridgehead atoms. The highest BCUT2D eigenvalue weighted by Crippen LogP contribution is 2.19. The molecule has 2 aromatic carbocycles. The topological polar surface area (TPSA) is 64.7 Å². The van der Waals surface area contributed by atoms with Gasteiger partial charge in [-0.1, -0.05) is 42.5 Å². The number of rotatable bonds is 7. The molecule has 0 aromatic heterocycles. The Morgan fingerprint density at radius 2 is 1.52 bits per heavy atom. The second kappa shape index (κ2) is 7.61. The maximum absolute atomic E-state index is 9.21. The van der Waals surface area contributed by atoms with Gasteiger partial charge in [0.2, 0.25) is 0 Å². The first-order valence-electron chi connectivity index (χ1n) is 6.55. The fraction of sp³-hybridized carbons (Fsp3) is 0.188. The standard InChI is InChI=1S/C16H17NO3S/c17-16(21)13-6-2-4-8-15(13)20-10-9-19-14-7-3-1-5-12(14)11-18/h1-8,18H,9-11H2,(H2,17,21). The summed E-state index contributed by atoms with van der Waals surface area (Å²) >= 11 is 4.98. The molecular formula is C16H17NO3S. The Bertz CT molecular complexity index is 616. The zero-order chi connectivity index (χ0) is 15.1. The minimum atomic E-state index is -0.0543. The van der Waals surface area contributed by atoms with E-state index in [-0.39, 0.29) is 6.61 Å². The van der Waals surface area contributed by atoms with Gasteiger partial charge in [0.05, 0.1) is 12.2 Å². The molecule has 0 aliphatic rings. The maximum atomic E-state index is 9.21. The highest BCUT2D eigenvalue weighted by Gasteiger charge is 2.06. The summed E-state index contributed by atoms with van der Waals surface area (Å²) in [5.74, 6) is 1.30. The summed E-state index contributed by atoms with van der Waals surface area (Å²) in [7, 11) is 0. The number of benzene rings is 2. The third-order valence-electron chi connectivity index (χ3n) is 2.89. The molecule has 110 valence electrons. The number of hydrogen-bond donors (Lipinski definition) is 2. The van der Waals surface area contributed by atoms with E-state index in [1.54, 1.807) is 0 Å². The molecule has 4 nitrogen and oxygen atoms in total. The van der Waals surface area contributed by atoms with Crippen molar-refractivity contribution in [2.75, 3.05) is 13.2 Å². The molecule has 0 aliphatic carbocycles. The zero-order valence-electron chi connectivity index (χ0n) is 11.5. The SMILES string of the molecule is NC(=S)c1ccccc1OCCOc1ccccc1CO. The van der Waals surface area contributed by atoms with E-state index in [2.05, 4.69) is 0 Å². The molecule has 21 heavy (non-hydrogen) atoms. The second-order valence-electron chi connectivity index (χ2n) is 4.32. The first-order valence-corrected chi connectivity index (χ1v) is 6.96. The number of para-hydroxylation sites is 2. The van der Waals surface area contributed by atoms with E-state index < -0.39 is 0 Å². The molecule has 2 aromatic rings. The van der Waals surface area contributed by atoms with Crippen molar-refractivity contribution >= 4 is 17.2 Å². The number of ether oxygens (including phenoxy) is 2. The molecule has 0 fully saturated rings. The van der Waals surface area contributed by atoms with Crippen LogP contribution in [0.1, 0.15) is 11.1 Å². The first kappa shape index (κ1) is 15.3. The van der Waals surface area contributed by atoms with Crippen LogP contribution in [0.25, 0.3) is 0 Å². The fourth-order valence-corrected chi connectivity index (χ4v) is 2.04. The molecule has 0 atom stereocenters. The van der Waals surface area contributed by atoms with Crippen molar-refractivity contribution < 1.29 is 14.6 Å². The van der Waals surface area contributed by atoms with Gasteiger partial charge < -0.3 is 20.3 Å². The van der Waals surface area contributed by atoms with Crippen molar-refractivity contribution in [1.82, 2.24) is 0 Å². The fourth-order valence-electron chi connectivity index (χ4n) is 1.87. The molecule has 0 heterocycles. The van der Waals surface area contributed by atoms with Crippen LogP contribution in [0.4, 0.5) is 0 Å². The van der Waals surface area contributed by atoms with Crippen LogP contribution < -0.4 is 15.2 Å². The lowest BCUT2D eigenvalue weighted by Gasteiger charge is -2.12. The Balaban J connectivity index is 1.89. The minimum Gasteiger partial charge on any atom is -0.490 e. The van der Waals surface area contributed by atoms with Gasteiger partial charge >= 0.3 is 0 Å². The van der Waals surface area contributed by atoms with Crippen molar-refractivity contribution in [2.24, 2.45) is 5.73 Å². The van der Waals surface area contributed by atoms with Gasteiger partial charge in [0.25, 0.3) is 0 Å². The third kappa shape index (κ3) is 4.18. The van der Waals surface area contributed by atoms with E-state index in [4.69, 9.17) is 27.4 Å². The Labute approximate surface area is 129 Å². The highest BCUT2D eigenvalue weighted by molar-refractivity contribution is 7.80. The minimum absolute atomic E-state index is 0.0543. The largest absolute Gasteiger partial charge is 0.490 e. The van der Waals surface area contributed by atoms with Crippen molar-refractivity contribution in [3.63, 3.8) is 0 Å². The summed E-state index contributed by atoms with van der Waals surface area (Å²) in [6, 6.07) is 14.7. The molecule has 0 amide bonds. The number of hydrogen-bond acceptors (Lipinski definition) is 4. The van der Waals surface area contributed by atoms with Gasteiger partial charge in [0, 0.05) is 5.56 Å². The summed E-state index contributed by atoms with van der Waals surface area (Å²) in [6.07, 6.45) is 0. The Morgan fingerprint density at radius 1 is 0.952 bits per heavy atom. The van der Waals surface area contributed by atoms with E-state index in [1.807, 2.05) is 48.5 Å². The number of nitrogens with two attached hydrogens (primary N) is 1. The van der Waals surface area contributed by atoms with E-state index in [0.29, 0.717) is 35.3 Å². The average molecular weight is 303 g/mol. The Hall–Kier alpha value is -2.11. The summed E-state index contributed by atoms with van der Waals surface area (Å²) in [6.45, 7) is 0.670. The zero-order valence-corrected chi connectivity index (χ0v) is 12.3. The van der Waals surface area contributed by atoms with Gasteiger partial charge in [-0.2, -0.15) is 0 Å². The molecule has 0 saturated carbocycles. The quantitative estimate of drug-likeness (QED) is 0.607. The lowest BCUT2D eigenvalue weighted by Crippen LogP contribution is -2.14. The van der Waals surface area contributed by atoms with Crippen molar-refractivity contribution in [3.05, 3.63) is 59.7 Å². The summed E-state index contributed by atoms with van der Waals surface area (Å²) in [5.41, 5.74) is 7.10. The number of thiocarbonyl (C=S) groups is 1. The van der Waals surface area contributed by atoms with Gasteiger partial charge in [-0.15, -0.1) is 0 Å². The van der Waals surface area contributed by atoms with E-state index in [9.17, 15) is 5.11 Å². The molecule has 0 saturated heterocycles. The molecule has 0 spiro atoms. The Kier molecular flexibility index (Phi) is 5.54. The van der Waals surface area contributed by atoms with Gasteiger partial charge in [-0.3, -0.25) is 0 Å². The van der Waals surface area contributed by atoms with E-state index >= 15 is 0 Å².